The van der Waals surface area contributed by atoms with Gasteiger partial charge >= 0.3 is 0 Å². The lowest BCUT2D eigenvalue weighted by Crippen LogP contribution is -2.18. The molecule has 0 radical (unpaired) electrons. The summed E-state index contributed by atoms with van der Waals surface area (Å²) in [6, 6.07) is 3.14. The summed E-state index contributed by atoms with van der Waals surface area (Å²) in [5.74, 6) is -0.434. The molecule has 0 saturated carbocycles. The van der Waals surface area contributed by atoms with E-state index in [1.54, 1.807) is 6.07 Å². The third-order valence-corrected chi connectivity index (χ3v) is 6.59. The van der Waals surface area contributed by atoms with E-state index in [0.29, 0.717) is 45.2 Å². The highest BCUT2D eigenvalue weighted by molar-refractivity contribution is 7.90. The SMILES string of the molecule is COc1ccc(S(C)(=O)=O)c2c1-c1sc(NC(C)=O)c(C(N)=O)c1CC2. The smallest absolute Gasteiger partial charge is 0.252 e. The highest BCUT2D eigenvalue weighted by Crippen LogP contribution is 2.49. The third kappa shape index (κ3) is 2.97. The van der Waals surface area contributed by atoms with Gasteiger partial charge in [-0.25, -0.2) is 8.42 Å². The van der Waals surface area contributed by atoms with Gasteiger partial charge in [-0.05, 0) is 36.1 Å². The summed E-state index contributed by atoms with van der Waals surface area (Å²) in [5, 5.41) is 3.01. The van der Waals surface area contributed by atoms with Crippen molar-refractivity contribution in [1.29, 1.82) is 0 Å². The number of ether oxygens (including phenoxy) is 1. The maximum absolute atomic E-state index is 12.2. The number of hydrogen-bond donors (Lipinski definition) is 2. The number of anilines is 1. The van der Waals surface area contributed by atoms with Gasteiger partial charge in [0.25, 0.3) is 5.91 Å². The number of nitrogens with two attached hydrogens (primary N) is 1. The first kappa shape index (κ1) is 18.4. The molecule has 1 aromatic heterocycles. The van der Waals surface area contributed by atoms with Gasteiger partial charge in [-0.3, -0.25) is 9.59 Å². The van der Waals surface area contributed by atoms with Gasteiger partial charge in [0, 0.05) is 23.6 Å². The molecule has 7 nitrogen and oxygen atoms in total. The lowest BCUT2D eigenvalue weighted by Gasteiger charge is -2.22. The van der Waals surface area contributed by atoms with Crippen molar-refractivity contribution < 1.29 is 22.7 Å². The predicted octanol–water partition coefficient (Wildman–Crippen LogP) is 1.98. The van der Waals surface area contributed by atoms with Crippen LogP contribution in [0.3, 0.4) is 0 Å². The van der Waals surface area contributed by atoms with Crippen molar-refractivity contribution in [2.75, 3.05) is 18.7 Å². The molecule has 9 heteroatoms. The highest BCUT2D eigenvalue weighted by Gasteiger charge is 2.32. The fraction of sp³-hybridized carbons (Fsp3) is 0.294. The van der Waals surface area contributed by atoms with E-state index in [-0.39, 0.29) is 16.4 Å². The van der Waals surface area contributed by atoms with Crippen LogP contribution in [0.2, 0.25) is 0 Å². The molecule has 0 aliphatic heterocycles. The number of hydrogen-bond acceptors (Lipinski definition) is 6. The molecule has 26 heavy (non-hydrogen) atoms. The van der Waals surface area contributed by atoms with Gasteiger partial charge < -0.3 is 15.8 Å². The Morgan fingerprint density at radius 2 is 1.88 bits per heavy atom. The minimum Gasteiger partial charge on any atom is -0.496 e. The van der Waals surface area contributed by atoms with Crippen molar-refractivity contribution in [2.45, 2.75) is 24.7 Å². The summed E-state index contributed by atoms with van der Waals surface area (Å²) >= 11 is 1.20. The van der Waals surface area contributed by atoms with E-state index < -0.39 is 15.7 Å². The Bertz CT molecular complexity index is 1040. The second-order valence-corrected chi connectivity index (χ2v) is 9.06. The first-order valence-electron chi connectivity index (χ1n) is 7.78. The van der Waals surface area contributed by atoms with Crippen LogP contribution in [0.4, 0.5) is 5.00 Å². The number of carbonyl (C=O) groups excluding carboxylic acids is 2. The summed E-state index contributed by atoms with van der Waals surface area (Å²) < 4.78 is 29.8. The number of carbonyl (C=O) groups is 2. The van der Waals surface area contributed by atoms with Gasteiger partial charge in [-0.15, -0.1) is 11.3 Å². The molecule has 0 saturated heterocycles. The molecule has 0 atom stereocenters. The van der Waals surface area contributed by atoms with Crippen molar-refractivity contribution in [3.05, 3.63) is 28.8 Å². The number of thiophene rings is 1. The maximum atomic E-state index is 12.2. The lowest BCUT2D eigenvalue weighted by atomic mass is 9.88. The van der Waals surface area contributed by atoms with Crippen LogP contribution in [0.5, 0.6) is 5.75 Å². The van der Waals surface area contributed by atoms with E-state index in [1.165, 1.54) is 31.4 Å². The number of rotatable bonds is 4. The van der Waals surface area contributed by atoms with Crippen LogP contribution in [0.15, 0.2) is 17.0 Å². The molecule has 1 aliphatic rings. The van der Waals surface area contributed by atoms with Crippen molar-refractivity contribution in [3.8, 4) is 16.2 Å². The average molecular weight is 394 g/mol. The Balaban J connectivity index is 2.36. The van der Waals surface area contributed by atoms with E-state index in [1.807, 2.05) is 0 Å². The van der Waals surface area contributed by atoms with Crippen molar-refractivity contribution in [2.24, 2.45) is 5.73 Å². The molecule has 1 aliphatic carbocycles. The van der Waals surface area contributed by atoms with Gasteiger partial charge in [0.1, 0.15) is 10.8 Å². The summed E-state index contributed by atoms with van der Waals surface area (Å²) in [7, 11) is -1.92. The largest absolute Gasteiger partial charge is 0.496 e. The van der Waals surface area contributed by atoms with Crippen LogP contribution in [-0.4, -0.2) is 33.6 Å². The molecule has 1 aromatic carbocycles. The summed E-state index contributed by atoms with van der Waals surface area (Å²) in [6.45, 7) is 1.35. The number of amides is 2. The zero-order chi connectivity index (χ0) is 19.2. The number of nitrogens with one attached hydrogen (secondary N) is 1. The van der Waals surface area contributed by atoms with Crippen LogP contribution in [0.25, 0.3) is 10.4 Å². The third-order valence-electron chi connectivity index (χ3n) is 4.25. The minimum atomic E-state index is -3.42. The molecular weight excluding hydrogens is 376 g/mol. The van der Waals surface area contributed by atoms with Crippen molar-refractivity contribution in [3.63, 3.8) is 0 Å². The molecule has 0 unspecified atom stereocenters. The van der Waals surface area contributed by atoms with E-state index in [4.69, 9.17) is 10.5 Å². The van der Waals surface area contributed by atoms with Crippen LogP contribution in [-0.2, 0) is 27.5 Å². The Hall–Kier alpha value is -2.39. The molecule has 0 spiro atoms. The topological polar surface area (TPSA) is 116 Å². The van der Waals surface area contributed by atoms with E-state index in [0.717, 1.165) is 6.26 Å². The highest BCUT2D eigenvalue weighted by atomic mass is 32.2. The molecule has 0 fully saturated rings. The zero-order valence-electron chi connectivity index (χ0n) is 14.5. The summed E-state index contributed by atoms with van der Waals surface area (Å²) in [6.07, 6.45) is 2.04. The molecule has 138 valence electrons. The molecule has 0 bridgehead atoms. The number of methoxy groups -OCH3 is 1. The van der Waals surface area contributed by atoms with E-state index in [9.17, 15) is 18.0 Å². The Morgan fingerprint density at radius 3 is 2.42 bits per heavy atom. The molecule has 2 aromatic rings. The van der Waals surface area contributed by atoms with E-state index in [2.05, 4.69) is 5.32 Å². The van der Waals surface area contributed by atoms with Crippen molar-refractivity contribution in [1.82, 2.24) is 0 Å². The van der Waals surface area contributed by atoms with Crippen LogP contribution in [0.1, 0.15) is 28.4 Å². The fourth-order valence-electron chi connectivity index (χ4n) is 3.29. The first-order chi connectivity index (χ1) is 12.1. The monoisotopic (exact) mass is 394 g/mol. The molecule has 1 heterocycles. The lowest BCUT2D eigenvalue weighted by molar-refractivity contribution is -0.114. The number of primary amides is 1. The van der Waals surface area contributed by atoms with Crippen LogP contribution in [0, 0.1) is 0 Å². The zero-order valence-corrected chi connectivity index (χ0v) is 16.1. The van der Waals surface area contributed by atoms with Gasteiger partial charge in [0.2, 0.25) is 5.91 Å². The molecule has 3 N–H and O–H groups in total. The van der Waals surface area contributed by atoms with Crippen LogP contribution < -0.4 is 15.8 Å². The normalized spacial score (nSPS) is 12.9. The molecule has 3 rings (SSSR count). The molecular formula is C17H18N2O5S2. The Kier molecular flexibility index (Phi) is 4.53. The van der Waals surface area contributed by atoms with Crippen molar-refractivity contribution >= 4 is 38.0 Å². The first-order valence-corrected chi connectivity index (χ1v) is 10.5. The van der Waals surface area contributed by atoms with Gasteiger partial charge in [0.05, 0.1) is 17.6 Å². The summed E-state index contributed by atoms with van der Waals surface area (Å²) in [5.41, 5.74) is 7.82. The quantitative estimate of drug-likeness (QED) is 0.823. The maximum Gasteiger partial charge on any atom is 0.252 e. The standard InChI is InChI=1S/C17H18N2O5S2/c1-8(20)19-17-14(16(18)21)10-5-4-9-12(26(3,22)23)7-6-11(24-2)13(9)15(10)25-17/h6-7H,4-5H2,1-3H3,(H2,18,21)(H,19,20). The summed E-state index contributed by atoms with van der Waals surface area (Å²) in [4.78, 5) is 24.4. The van der Waals surface area contributed by atoms with Gasteiger partial charge in [-0.2, -0.15) is 0 Å². The van der Waals surface area contributed by atoms with Gasteiger partial charge in [-0.1, -0.05) is 0 Å². The second-order valence-electron chi connectivity index (χ2n) is 6.05. The fourth-order valence-corrected chi connectivity index (χ4v) is 5.63. The van der Waals surface area contributed by atoms with E-state index >= 15 is 0 Å². The average Bonchev–Trinajstić information content (AvgIpc) is 2.89. The molecule has 2 amide bonds. The number of sulfone groups is 1. The Morgan fingerprint density at radius 1 is 1.23 bits per heavy atom. The van der Waals surface area contributed by atoms with Crippen LogP contribution >= 0.6 is 11.3 Å². The predicted molar refractivity (Wildman–Crippen MR) is 99.6 cm³/mol. The minimum absolute atomic E-state index is 0.244. The number of benzene rings is 1. The van der Waals surface area contributed by atoms with Gasteiger partial charge in [0.15, 0.2) is 9.84 Å². The number of fused-ring (bicyclic) bond motifs is 3. The second kappa shape index (κ2) is 6.40. The Labute approximate surface area is 155 Å².